The molecular formula is C13H12O4. The van der Waals surface area contributed by atoms with Gasteiger partial charge in [0.05, 0.1) is 7.11 Å². The Morgan fingerprint density at radius 3 is 2.65 bits per heavy atom. The molecule has 0 aromatic heterocycles. The van der Waals surface area contributed by atoms with Gasteiger partial charge in [-0.3, -0.25) is 4.79 Å². The van der Waals surface area contributed by atoms with E-state index in [0.717, 1.165) is 17.7 Å². The molecule has 1 rings (SSSR count). The Morgan fingerprint density at radius 1 is 1.24 bits per heavy atom. The van der Waals surface area contributed by atoms with Crippen LogP contribution in [0.2, 0.25) is 0 Å². The summed E-state index contributed by atoms with van der Waals surface area (Å²) in [7, 11) is 1.56. The molecule has 0 fully saturated rings. The molecule has 1 aromatic carbocycles. The van der Waals surface area contributed by atoms with Crippen LogP contribution in [0.15, 0.2) is 42.5 Å². The standard InChI is InChI=1S/C13H12O4/c1-17-12-4-2-3-10(9-12)5-6-11(14)7-8-13(15)16/h2-9H,1H3,(H,15,16). The zero-order valence-corrected chi connectivity index (χ0v) is 9.29. The molecule has 0 heterocycles. The van der Waals surface area contributed by atoms with Gasteiger partial charge in [-0.2, -0.15) is 0 Å². The number of methoxy groups -OCH3 is 1. The van der Waals surface area contributed by atoms with E-state index >= 15 is 0 Å². The van der Waals surface area contributed by atoms with Crippen molar-refractivity contribution >= 4 is 17.8 Å². The number of ether oxygens (including phenoxy) is 1. The van der Waals surface area contributed by atoms with E-state index in [1.165, 1.54) is 6.08 Å². The quantitative estimate of drug-likeness (QED) is 0.788. The van der Waals surface area contributed by atoms with Gasteiger partial charge in [0.1, 0.15) is 5.75 Å². The van der Waals surface area contributed by atoms with Gasteiger partial charge in [0.2, 0.25) is 0 Å². The third kappa shape index (κ3) is 4.79. The molecule has 17 heavy (non-hydrogen) atoms. The summed E-state index contributed by atoms with van der Waals surface area (Å²) in [5.41, 5.74) is 0.807. The molecule has 0 unspecified atom stereocenters. The fraction of sp³-hybridized carbons (Fsp3) is 0.0769. The van der Waals surface area contributed by atoms with Crippen LogP contribution in [0, 0.1) is 0 Å². The number of benzene rings is 1. The molecule has 0 bridgehead atoms. The first-order valence-electron chi connectivity index (χ1n) is 4.89. The Bertz CT molecular complexity index is 472. The largest absolute Gasteiger partial charge is 0.497 e. The molecule has 0 spiro atoms. The number of carbonyl (C=O) groups is 2. The molecule has 0 aliphatic carbocycles. The smallest absolute Gasteiger partial charge is 0.328 e. The van der Waals surface area contributed by atoms with Crippen molar-refractivity contribution in [1.82, 2.24) is 0 Å². The maximum Gasteiger partial charge on any atom is 0.328 e. The van der Waals surface area contributed by atoms with E-state index in [1.54, 1.807) is 31.4 Å². The number of rotatable bonds is 5. The van der Waals surface area contributed by atoms with Crippen molar-refractivity contribution in [3.63, 3.8) is 0 Å². The zero-order chi connectivity index (χ0) is 12.7. The molecule has 88 valence electrons. The molecule has 0 aliphatic heterocycles. The Balaban J connectivity index is 2.70. The first-order valence-corrected chi connectivity index (χ1v) is 4.89. The van der Waals surface area contributed by atoms with E-state index in [1.807, 2.05) is 6.07 Å². The van der Waals surface area contributed by atoms with Crippen molar-refractivity contribution in [2.45, 2.75) is 0 Å². The van der Waals surface area contributed by atoms with Crippen LogP contribution in [0.1, 0.15) is 5.56 Å². The number of carboxylic acids is 1. The van der Waals surface area contributed by atoms with Crippen molar-refractivity contribution in [1.29, 1.82) is 0 Å². The van der Waals surface area contributed by atoms with E-state index in [-0.39, 0.29) is 5.78 Å². The van der Waals surface area contributed by atoms with Gasteiger partial charge >= 0.3 is 5.97 Å². The lowest BCUT2D eigenvalue weighted by Crippen LogP contribution is -1.91. The summed E-state index contributed by atoms with van der Waals surface area (Å²) in [6.07, 6.45) is 4.70. The van der Waals surface area contributed by atoms with Gasteiger partial charge in [-0.15, -0.1) is 0 Å². The Hall–Kier alpha value is -2.36. The lowest BCUT2D eigenvalue weighted by atomic mass is 10.2. The number of allylic oxidation sites excluding steroid dienone is 2. The van der Waals surface area contributed by atoms with Crippen molar-refractivity contribution in [3.8, 4) is 5.75 Å². The number of ketones is 1. The zero-order valence-electron chi connectivity index (χ0n) is 9.29. The highest BCUT2D eigenvalue weighted by atomic mass is 16.5. The molecule has 0 aliphatic rings. The van der Waals surface area contributed by atoms with Crippen molar-refractivity contribution < 1.29 is 19.4 Å². The topological polar surface area (TPSA) is 63.6 Å². The summed E-state index contributed by atoms with van der Waals surface area (Å²) in [6, 6.07) is 7.18. The molecule has 1 aromatic rings. The van der Waals surface area contributed by atoms with Gasteiger partial charge in [0.15, 0.2) is 5.78 Å². The second-order valence-electron chi connectivity index (χ2n) is 3.18. The SMILES string of the molecule is COc1cccc(C=CC(=O)C=CC(=O)O)c1. The van der Waals surface area contributed by atoms with Crippen LogP contribution in [0.5, 0.6) is 5.75 Å². The number of carboxylic acid groups (broad SMARTS) is 1. The van der Waals surface area contributed by atoms with E-state index in [4.69, 9.17) is 9.84 Å². The minimum absolute atomic E-state index is 0.379. The highest BCUT2D eigenvalue weighted by molar-refractivity contribution is 6.04. The van der Waals surface area contributed by atoms with Crippen molar-refractivity contribution in [2.24, 2.45) is 0 Å². The second-order valence-corrected chi connectivity index (χ2v) is 3.18. The minimum Gasteiger partial charge on any atom is -0.497 e. The van der Waals surface area contributed by atoms with E-state index < -0.39 is 5.97 Å². The second kappa shape index (κ2) is 6.27. The Kier molecular flexibility index (Phi) is 4.69. The van der Waals surface area contributed by atoms with Crippen LogP contribution < -0.4 is 4.74 Å². The predicted octanol–water partition coefficient (Wildman–Crippen LogP) is 1.92. The lowest BCUT2D eigenvalue weighted by Gasteiger charge is -1.99. The monoisotopic (exact) mass is 232 g/mol. The normalized spacial score (nSPS) is 10.9. The lowest BCUT2D eigenvalue weighted by molar-refractivity contribution is -0.131. The molecule has 1 N–H and O–H groups in total. The maximum atomic E-state index is 11.2. The summed E-state index contributed by atoms with van der Waals surface area (Å²) in [6.45, 7) is 0. The first-order chi connectivity index (χ1) is 8.11. The van der Waals surface area contributed by atoms with Crippen LogP contribution >= 0.6 is 0 Å². The van der Waals surface area contributed by atoms with Gasteiger partial charge < -0.3 is 9.84 Å². The number of hydrogen-bond donors (Lipinski definition) is 1. The number of carbonyl (C=O) groups excluding carboxylic acids is 1. The highest BCUT2D eigenvalue weighted by Gasteiger charge is 1.94. The van der Waals surface area contributed by atoms with Gasteiger partial charge in [0, 0.05) is 6.08 Å². The molecule has 0 saturated carbocycles. The number of aliphatic carboxylic acids is 1. The molecule has 4 heteroatoms. The van der Waals surface area contributed by atoms with Crippen LogP contribution in [-0.2, 0) is 9.59 Å². The average Bonchev–Trinajstić information content (AvgIpc) is 2.34. The Morgan fingerprint density at radius 2 is 2.00 bits per heavy atom. The highest BCUT2D eigenvalue weighted by Crippen LogP contribution is 2.13. The fourth-order valence-electron chi connectivity index (χ4n) is 1.13. The minimum atomic E-state index is -1.15. The molecular weight excluding hydrogens is 220 g/mol. The fourth-order valence-corrected chi connectivity index (χ4v) is 1.13. The van der Waals surface area contributed by atoms with Crippen LogP contribution in [-0.4, -0.2) is 24.0 Å². The molecule has 0 saturated heterocycles. The predicted molar refractivity (Wildman–Crippen MR) is 63.8 cm³/mol. The van der Waals surface area contributed by atoms with E-state index in [0.29, 0.717) is 5.75 Å². The molecule has 0 amide bonds. The third-order valence-electron chi connectivity index (χ3n) is 1.92. The Labute approximate surface area is 98.8 Å². The van der Waals surface area contributed by atoms with Crippen molar-refractivity contribution in [3.05, 3.63) is 48.1 Å². The third-order valence-corrected chi connectivity index (χ3v) is 1.92. The molecule has 0 radical (unpaired) electrons. The summed E-state index contributed by atoms with van der Waals surface area (Å²) in [4.78, 5) is 21.4. The van der Waals surface area contributed by atoms with E-state index in [2.05, 4.69) is 0 Å². The van der Waals surface area contributed by atoms with Gasteiger partial charge in [-0.05, 0) is 29.8 Å². The van der Waals surface area contributed by atoms with Crippen LogP contribution in [0.3, 0.4) is 0 Å². The van der Waals surface area contributed by atoms with Gasteiger partial charge in [0.25, 0.3) is 0 Å². The first kappa shape index (κ1) is 12.7. The van der Waals surface area contributed by atoms with Crippen molar-refractivity contribution in [2.75, 3.05) is 7.11 Å². The van der Waals surface area contributed by atoms with Crippen LogP contribution in [0.4, 0.5) is 0 Å². The van der Waals surface area contributed by atoms with Crippen LogP contribution in [0.25, 0.3) is 6.08 Å². The molecule has 4 nitrogen and oxygen atoms in total. The van der Waals surface area contributed by atoms with Gasteiger partial charge in [-0.1, -0.05) is 18.2 Å². The summed E-state index contributed by atoms with van der Waals surface area (Å²) in [5.74, 6) is -0.830. The summed E-state index contributed by atoms with van der Waals surface area (Å²) in [5, 5.41) is 8.34. The number of hydrogen-bond acceptors (Lipinski definition) is 3. The average molecular weight is 232 g/mol. The summed E-state index contributed by atoms with van der Waals surface area (Å²) < 4.78 is 5.03. The van der Waals surface area contributed by atoms with E-state index in [9.17, 15) is 9.59 Å². The molecule has 0 atom stereocenters. The maximum absolute atomic E-state index is 11.2. The van der Waals surface area contributed by atoms with Gasteiger partial charge in [-0.25, -0.2) is 4.79 Å². The summed E-state index contributed by atoms with van der Waals surface area (Å²) >= 11 is 0.